The van der Waals surface area contributed by atoms with Gasteiger partial charge in [-0.25, -0.2) is 4.98 Å². The Morgan fingerprint density at radius 1 is 1.39 bits per heavy atom. The molecule has 164 valence electrons. The van der Waals surface area contributed by atoms with Crippen LogP contribution in [0.2, 0.25) is 5.02 Å². The van der Waals surface area contributed by atoms with Crippen LogP contribution in [0.1, 0.15) is 50.4 Å². The third-order valence-electron chi connectivity index (χ3n) is 5.70. The molecule has 2 aromatic rings. The lowest BCUT2D eigenvalue weighted by molar-refractivity contribution is -0.115. The lowest BCUT2D eigenvalue weighted by Crippen LogP contribution is -2.27. The van der Waals surface area contributed by atoms with Crippen LogP contribution in [0.5, 0.6) is 5.75 Å². The molecule has 0 radical (unpaired) electrons. The standard InChI is InChI=1S/C24H28ClN3O2S/c1-24(2,3)17-5-7-20-15(12-17)11-16(14-26)23(28-20)31-10-9-22(29)27-18-6-8-21(30-4)19(25)13-18/h6,8,11,13,17H,5,7,9-10,12H2,1-4H3,(H,27,29). The van der Waals surface area contributed by atoms with Gasteiger partial charge in [0.1, 0.15) is 16.8 Å². The summed E-state index contributed by atoms with van der Waals surface area (Å²) in [5.41, 5.74) is 3.76. The summed E-state index contributed by atoms with van der Waals surface area (Å²) in [6.45, 7) is 6.82. The summed E-state index contributed by atoms with van der Waals surface area (Å²) in [5, 5.41) is 13.6. The van der Waals surface area contributed by atoms with Gasteiger partial charge >= 0.3 is 0 Å². The maximum atomic E-state index is 12.3. The molecule has 1 atom stereocenters. The van der Waals surface area contributed by atoms with E-state index < -0.39 is 0 Å². The number of carbonyl (C=O) groups excluding carboxylic acids is 1. The summed E-state index contributed by atoms with van der Waals surface area (Å²) in [5.74, 6) is 1.59. The van der Waals surface area contributed by atoms with Crippen LogP contribution in [-0.2, 0) is 17.6 Å². The number of halogens is 1. The molecule has 0 saturated heterocycles. The number of benzene rings is 1. The van der Waals surface area contributed by atoms with Gasteiger partial charge in [-0.15, -0.1) is 11.8 Å². The summed E-state index contributed by atoms with van der Waals surface area (Å²) in [6, 6.07) is 9.41. The molecule has 1 aromatic carbocycles. The van der Waals surface area contributed by atoms with Gasteiger partial charge in [0.25, 0.3) is 0 Å². The van der Waals surface area contributed by atoms with E-state index >= 15 is 0 Å². The molecule has 0 spiro atoms. The number of thioether (sulfide) groups is 1. The number of nitrogens with zero attached hydrogens (tertiary/aromatic N) is 2. The topological polar surface area (TPSA) is 75.0 Å². The highest BCUT2D eigenvalue weighted by molar-refractivity contribution is 7.99. The Hall–Kier alpha value is -2.23. The van der Waals surface area contributed by atoms with E-state index in [0.717, 1.165) is 30.0 Å². The number of aromatic nitrogens is 1. The minimum Gasteiger partial charge on any atom is -0.495 e. The van der Waals surface area contributed by atoms with Crippen LogP contribution >= 0.6 is 23.4 Å². The van der Waals surface area contributed by atoms with Gasteiger partial charge in [-0.05, 0) is 60.4 Å². The van der Waals surface area contributed by atoms with Gasteiger partial charge in [-0.3, -0.25) is 4.79 Å². The number of fused-ring (bicyclic) bond motifs is 1. The van der Waals surface area contributed by atoms with E-state index in [4.69, 9.17) is 21.3 Å². The molecule has 0 aliphatic heterocycles. The number of amides is 1. The molecule has 1 unspecified atom stereocenters. The highest BCUT2D eigenvalue weighted by Crippen LogP contribution is 2.38. The number of carbonyl (C=O) groups is 1. The van der Waals surface area contributed by atoms with Crippen LogP contribution in [0.4, 0.5) is 5.69 Å². The van der Waals surface area contributed by atoms with Gasteiger partial charge < -0.3 is 10.1 Å². The molecule has 7 heteroatoms. The van der Waals surface area contributed by atoms with Crippen molar-refractivity contribution in [2.75, 3.05) is 18.2 Å². The van der Waals surface area contributed by atoms with Crippen molar-refractivity contribution in [1.29, 1.82) is 5.26 Å². The zero-order valence-electron chi connectivity index (χ0n) is 18.4. The van der Waals surface area contributed by atoms with Crippen LogP contribution in [0.3, 0.4) is 0 Å². The summed E-state index contributed by atoms with van der Waals surface area (Å²) >= 11 is 7.56. The Balaban J connectivity index is 1.60. The van der Waals surface area contributed by atoms with Gasteiger partial charge in [0, 0.05) is 23.6 Å². The summed E-state index contributed by atoms with van der Waals surface area (Å²) in [7, 11) is 1.55. The molecule has 0 saturated carbocycles. The van der Waals surface area contributed by atoms with Crippen LogP contribution in [0, 0.1) is 22.7 Å². The number of methoxy groups -OCH3 is 1. The quantitative estimate of drug-likeness (QED) is 0.547. The first-order valence-electron chi connectivity index (χ1n) is 10.4. The van der Waals surface area contributed by atoms with Gasteiger partial charge in [-0.2, -0.15) is 5.26 Å². The fourth-order valence-corrected chi connectivity index (χ4v) is 4.96. The number of hydrogen-bond donors (Lipinski definition) is 1. The SMILES string of the molecule is COc1ccc(NC(=O)CCSc2nc3c(cc2C#N)CC(C(C)(C)C)CC3)cc1Cl. The average Bonchev–Trinajstić information content (AvgIpc) is 2.72. The zero-order chi connectivity index (χ0) is 22.6. The third kappa shape index (κ3) is 5.93. The highest BCUT2D eigenvalue weighted by atomic mass is 35.5. The molecule has 1 amide bonds. The molecule has 1 aromatic heterocycles. The number of anilines is 1. The van der Waals surface area contributed by atoms with E-state index in [1.807, 2.05) is 6.07 Å². The van der Waals surface area contributed by atoms with Gasteiger partial charge in [-0.1, -0.05) is 32.4 Å². The van der Waals surface area contributed by atoms with Gasteiger partial charge in [0.05, 0.1) is 17.7 Å². The van der Waals surface area contributed by atoms with E-state index in [-0.39, 0.29) is 11.3 Å². The lowest BCUT2D eigenvalue weighted by Gasteiger charge is -2.34. The minimum absolute atomic E-state index is 0.113. The molecule has 3 rings (SSSR count). The average molecular weight is 458 g/mol. The molecule has 0 bridgehead atoms. The third-order valence-corrected chi connectivity index (χ3v) is 6.99. The summed E-state index contributed by atoms with van der Waals surface area (Å²) < 4.78 is 5.12. The smallest absolute Gasteiger partial charge is 0.225 e. The minimum atomic E-state index is -0.113. The lowest BCUT2D eigenvalue weighted by atomic mass is 9.71. The Morgan fingerprint density at radius 2 is 2.16 bits per heavy atom. The Kier molecular flexibility index (Phi) is 7.51. The Bertz CT molecular complexity index is 1010. The van der Waals surface area contributed by atoms with E-state index in [0.29, 0.717) is 40.1 Å². The maximum Gasteiger partial charge on any atom is 0.225 e. The number of rotatable bonds is 6. The molecule has 31 heavy (non-hydrogen) atoms. The number of ether oxygens (including phenoxy) is 1. The fourth-order valence-electron chi connectivity index (χ4n) is 3.78. The van der Waals surface area contributed by atoms with Crippen molar-refractivity contribution in [3.8, 4) is 11.8 Å². The predicted octanol–water partition coefficient (Wildman–Crippen LogP) is 5.89. The van der Waals surface area contributed by atoms with Crippen LogP contribution < -0.4 is 10.1 Å². The first kappa shape index (κ1) is 23.4. The zero-order valence-corrected chi connectivity index (χ0v) is 20.0. The van der Waals surface area contributed by atoms with Crippen molar-refractivity contribution in [3.63, 3.8) is 0 Å². The predicted molar refractivity (Wildman–Crippen MR) is 126 cm³/mol. The van der Waals surface area contributed by atoms with Crippen molar-refractivity contribution in [2.24, 2.45) is 11.3 Å². The largest absolute Gasteiger partial charge is 0.495 e. The van der Waals surface area contributed by atoms with E-state index in [1.165, 1.54) is 17.3 Å². The van der Waals surface area contributed by atoms with Crippen LogP contribution in [-0.4, -0.2) is 23.8 Å². The Morgan fingerprint density at radius 3 is 2.81 bits per heavy atom. The highest BCUT2D eigenvalue weighted by Gasteiger charge is 2.30. The molecule has 1 N–H and O–H groups in total. The van der Waals surface area contributed by atoms with Crippen molar-refractivity contribution in [3.05, 3.63) is 46.1 Å². The van der Waals surface area contributed by atoms with Gasteiger partial charge in [0.2, 0.25) is 5.91 Å². The van der Waals surface area contributed by atoms with E-state index in [2.05, 4.69) is 32.2 Å². The second kappa shape index (κ2) is 9.93. The van der Waals surface area contributed by atoms with Gasteiger partial charge in [0.15, 0.2) is 0 Å². The fraction of sp³-hybridized carbons (Fsp3) is 0.458. The number of hydrogen-bond acceptors (Lipinski definition) is 5. The maximum absolute atomic E-state index is 12.3. The normalized spacial score (nSPS) is 15.7. The second-order valence-electron chi connectivity index (χ2n) is 8.86. The summed E-state index contributed by atoms with van der Waals surface area (Å²) in [6.07, 6.45) is 3.34. The molecule has 5 nitrogen and oxygen atoms in total. The molecular weight excluding hydrogens is 430 g/mol. The first-order chi connectivity index (χ1) is 14.7. The first-order valence-corrected chi connectivity index (χ1v) is 11.8. The molecule has 1 aliphatic carbocycles. The van der Waals surface area contributed by atoms with E-state index in [9.17, 15) is 10.1 Å². The monoisotopic (exact) mass is 457 g/mol. The molecule has 1 aliphatic rings. The number of nitriles is 1. The van der Waals surface area contributed by atoms with Crippen molar-refractivity contribution in [2.45, 2.75) is 51.5 Å². The summed E-state index contributed by atoms with van der Waals surface area (Å²) in [4.78, 5) is 17.1. The van der Waals surface area contributed by atoms with Crippen LogP contribution in [0.25, 0.3) is 0 Å². The van der Waals surface area contributed by atoms with Crippen molar-refractivity contribution < 1.29 is 9.53 Å². The number of pyridine rings is 1. The van der Waals surface area contributed by atoms with E-state index in [1.54, 1.807) is 25.3 Å². The Labute approximate surface area is 193 Å². The number of nitrogens with one attached hydrogen (secondary N) is 1. The van der Waals surface area contributed by atoms with Crippen molar-refractivity contribution in [1.82, 2.24) is 4.98 Å². The van der Waals surface area contributed by atoms with Crippen molar-refractivity contribution >= 4 is 35.0 Å². The molecule has 0 fully saturated rings. The second-order valence-corrected chi connectivity index (χ2v) is 10.4. The molecular formula is C24H28ClN3O2S. The molecule has 1 heterocycles. The van der Waals surface area contributed by atoms with Crippen LogP contribution in [0.15, 0.2) is 29.3 Å². The number of aryl methyl sites for hydroxylation is 1.